The van der Waals surface area contributed by atoms with Crippen molar-refractivity contribution in [2.75, 3.05) is 19.6 Å². The van der Waals surface area contributed by atoms with Crippen molar-refractivity contribution in [3.8, 4) is 0 Å². The maximum Gasteiger partial charge on any atom is 0.407 e. The number of alkyl carbamates (subject to hydrolysis) is 1. The summed E-state index contributed by atoms with van der Waals surface area (Å²) >= 11 is 0. The fourth-order valence-corrected chi connectivity index (χ4v) is 2.97. The summed E-state index contributed by atoms with van der Waals surface area (Å²) in [4.78, 5) is 16.6. The van der Waals surface area contributed by atoms with Gasteiger partial charge in [0.2, 0.25) is 0 Å². The molecule has 1 fully saturated rings. The second kappa shape index (κ2) is 10.7. The van der Waals surface area contributed by atoms with Gasteiger partial charge in [0, 0.05) is 30.7 Å². The fourth-order valence-electron chi connectivity index (χ4n) is 2.97. The number of ether oxygens (including phenoxy) is 1. The predicted molar refractivity (Wildman–Crippen MR) is 112 cm³/mol. The van der Waals surface area contributed by atoms with Crippen LogP contribution in [-0.2, 0) is 4.74 Å². The van der Waals surface area contributed by atoms with Gasteiger partial charge in [-0.05, 0) is 74.1 Å². The van der Waals surface area contributed by atoms with Gasteiger partial charge in [-0.15, -0.1) is 0 Å². The normalized spacial score (nSPS) is 21.5. The summed E-state index contributed by atoms with van der Waals surface area (Å²) in [5.74, 6) is 0.872. The first-order valence-electron chi connectivity index (χ1n) is 10.3. The average molecular weight is 384 g/mol. The zero-order valence-electron chi connectivity index (χ0n) is 18.4. The Balaban J connectivity index is 2.38. The summed E-state index contributed by atoms with van der Waals surface area (Å²) in [5, 5.41) is 13.3. The molecule has 1 amide bonds. The third-order valence-corrected chi connectivity index (χ3v) is 4.17. The third-order valence-electron chi connectivity index (χ3n) is 4.17. The number of hydrogen-bond donors (Lipinski definition) is 4. The summed E-state index contributed by atoms with van der Waals surface area (Å²) in [7, 11) is 0. The van der Waals surface area contributed by atoms with Crippen molar-refractivity contribution < 1.29 is 9.53 Å². The molecule has 1 aliphatic rings. The quantitative estimate of drug-likeness (QED) is 0.322. The van der Waals surface area contributed by atoms with Crippen molar-refractivity contribution in [2.45, 2.75) is 97.4 Å². The number of nitrogens with one attached hydrogen (secondary N) is 4. The molecule has 0 aromatic carbocycles. The van der Waals surface area contributed by atoms with Crippen LogP contribution >= 0.6 is 0 Å². The van der Waals surface area contributed by atoms with Crippen LogP contribution in [0, 0.1) is 0 Å². The highest BCUT2D eigenvalue weighted by molar-refractivity contribution is 5.80. The summed E-state index contributed by atoms with van der Waals surface area (Å²) in [6.45, 7) is 16.6. The molecule has 27 heavy (non-hydrogen) atoms. The number of rotatable bonds is 6. The van der Waals surface area contributed by atoms with Gasteiger partial charge in [0.25, 0.3) is 0 Å². The Bertz CT molecular complexity index is 472. The number of carbonyl (C=O) groups is 1. The summed E-state index contributed by atoms with van der Waals surface area (Å²) in [6.07, 6.45) is 3.58. The Morgan fingerprint density at radius 2 is 1.56 bits per heavy atom. The minimum atomic E-state index is -0.456. The van der Waals surface area contributed by atoms with Crippen LogP contribution in [0.25, 0.3) is 0 Å². The topological polar surface area (TPSA) is 86.8 Å². The van der Waals surface area contributed by atoms with Crippen molar-refractivity contribution in [3.05, 3.63) is 0 Å². The van der Waals surface area contributed by atoms with E-state index >= 15 is 0 Å². The minimum absolute atomic E-state index is 0.112. The molecule has 1 saturated carbocycles. The van der Waals surface area contributed by atoms with E-state index in [1.54, 1.807) is 0 Å². The van der Waals surface area contributed by atoms with Gasteiger partial charge in [0.05, 0.1) is 6.54 Å². The molecule has 1 aliphatic carbocycles. The van der Waals surface area contributed by atoms with E-state index in [2.05, 4.69) is 54.0 Å². The van der Waals surface area contributed by atoms with Gasteiger partial charge >= 0.3 is 6.09 Å². The molecule has 0 bridgehead atoms. The first-order chi connectivity index (χ1) is 12.5. The van der Waals surface area contributed by atoms with Gasteiger partial charge in [0.1, 0.15) is 5.60 Å². The number of amides is 1. The largest absolute Gasteiger partial charge is 0.444 e. The third kappa shape index (κ3) is 11.7. The van der Waals surface area contributed by atoms with Crippen LogP contribution in [0.3, 0.4) is 0 Å². The van der Waals surface area contributed by atoms with Crippen LogP contribution in [-0.4, -0.2) is 54.9 Å². The van der Waals surface area contributed by atoms with Crippen molar-refractivity contribution in [1.82, 2.24) is 21.3 Å². The number of guanidine groups is 1. The van der Waals surface area contributed by atoms with Gasteiger partial charge in [-0.2, -0.15) is 0 Å². The number of carbonyl (C=O) groups excluding carboxylic acids is 1. The molecular formula is C20H41N5O2. The monoisotopic (exact) mass is 383 g/mol. The lowest BCUT2D eigenvalue weighted by Gasteiger charge is -2.31. The Morgan fingerprint density at radius 1 is 1.00 bits per heavy atom. The van der Waals surface area contributed by atoms with Gasteiger partial charge in [0.15, 0.2) is 5.96 Å². The highest BCUT2D eigenvalue weighted by Gasteiger charge is 2.25. The molecule has 158 valence electrons. The molecule has 4 N–H and O–H groups in total. The molecule has 0 heterocycles. The molecular weight excluding hydrogens is 342 g/mol. The first-order valence-corrected chi connectivity index (χ1v) is 10.3. The molecule has 0 aromatic rings. The first kappa shape index (κ1) is 23.5. The lowest BCUT2D eigenvalue weighted by atomic mass is 9.91. The zero-order valence-corrected chi connectivity index (χ0v) is 18.4. The van der Waals surface area contributed by atoms with E-state index in [4.69, 9.17) is 4.74 Å². The maximum absolute atomic E-state index is 11.9. The van der Waals surface area contributed by atoms with Crippen molar-refractivity contribution in [1.29, 1.82) is 0 Å². The van der Waals surface area contributed by atoms with E-state index in [0.29, 0.717) is 6.04 Å². The number of hydrogen-bond acceptors (Lipinski definition) is 4. The van der Waals surface area contributed by atoms with Gasteiger partial charge in [-0.25, -0.2) is 4.79 Å². The van der Waals surface area contributed by atoms with Crippen LogP contribution in [0.2, 0.25) is 0 Å². The van der Waals surface area contributed by atoms with Crippen LogP contribution in [0.4, 0.5) is 4.79 Å². The summed E-state index contributed by atoms with van der Waals surface area (Å²) in [6, 6.07) is 0.573. The van der Waals surface area contributed by atoms with E-state index in [0.717, 1.165) is 51.3 Å². The van der Waals surface area contributed by atoms with Crippen LogP contribution in [0.1, 0.15) is 74.1 Å². The molecule has 0 saturated heterocycles. The lowest BCUT2D eigenvalue weighted by Crippen LogP contribution is -2.48. The fraction of sp³-hybridized carbons (Fsp3) is 0.900. The van der Waals surface area contributed by atoms with Gasteiger partial charge in [-0.3, -0.25) is 4.99 Å². The molecule has 0 spiro atoms. The molecule has 0 atom stereocenters. The second-order valence-corrected chi connectivity index (χ2v) is 9.28. The van der Waals surface area contributed by atoms with E-state index in [1.165, 1.54) is 0 Å². The van der Waals surface area contributed by atoms with Crippen LogP contribution in [0.5, 0.6) is 0 Å². The van der Waals surface area contributed by atoms with E-state index < -0.39 is 5.60 Å². The highest BCUT2D eigenvalue weighted by Crippen LogP contribution is 2.19. The van der Waals surface area contributed by atoms with E-state index in [-0.39, 0.29) is 17.7 Å². The molecule has 1 rings (SSSR count). The average Bonchev–Trinajstić information content (AvgIpc) is 2.50. The zero-order chi connectivity index (χ0) is 20.5. The SMILES string of the molecule is CCNC(=NCCNC(C)(C)C)NC1CCC(NC(=O)OC(C)(C)C)CC1. The van der Waals surface area contributed by atoms with E-state index in [1.807, 2.05) is 20.8 Å². The molecule has 0 radical (unpaired) electrons. The number of nitrogens with zero attached hydrogens (tertiary/aromatic N) is 1. The molecule has 0 aromatic heterocycles. The Kier molecular flexibility index (Phi) is 9.36. The standard InChI is InChI=1S/C20H41N5O2/c1-8-21-17(22-13-14-23-19(2,3)4)24-15-9-11-16(12-10-15)25-18(26)27-20(5,6)7/h15-16,23H,8-14H2,1-7H3,(H,25,26)(H2,21,22,24). The molecule has 7 nitrogen and oxygen atoms in total. The molecule has 7 heteroatoms. The van der Waals surface area contributed by atoms with Gasteiger partial charge < -0.3 is 26.0 Å². The Hall–Kier alpha value is -1.50. The smallest absolute Gasteiger partial charge is 0.407 e. The van der Waals surface area contributed by atoms with Crippen molar-refractivity contribution in [2.24, 2.45) is 4.99 Å². The summed E-state index contributed by atoms with van der Waals surface area (Å²) in [5.41, 5.74) is -0.345. The van der Waals surface area contributed by atoms with Crippen LogP contribution < -0.4 is 21.3 Å². The predicted octanol–water partition coefficient (Wildman–Crippen LogP) is 2.77. The summed E-state index contributed by atoms with van der Waals surface area (Å²) < 4.78 is 5.34. The molecule has 0 aliphatic heterocycles. The minimum Gasteiger partial charge on any atom is -0.444 e. The maximum atomic E-state index is 11.9. The van der Waals surface area contributed by atoms with Gasteiger partial charge in [-0.1, -0.05) is 0 Å². The number of aliphatic imine (C=N–C) groups is 1. The van der Waals surface area contributed by atoms with Crippen molar-refractivity contribution >= 4 is 12.1 Å². The van der Waals surface area contributed by atoms with E-state index in [9.17, 15) is 4.79 Å². The lowest BCUT2D eigenvalue weighted by molar-refractivity contribution is 0.0490. The highest BCUT2D eigenvalue weighted by atomic mass is 16.6. The Morgan fingerprint density at radius 3 is 2.04 bits per heavy atom. The van der Waals surface area contributed by atoms with Crippen LogP contribution in [0.15, 0.2) is 4.99 Å². The molecule has 0 unspecified atom stereocenters. The van der Waals surface area contributed by atoms with Crippen molar-refractivity contribution in [3.63, 3.8) is 0 Å². The Labute approximate surface area is 165 Å². The second-order valence-electron chi connectivity index (χ2n) is 9.28.